The van der Waals surface area contributed by atoms with Crippen LogP contribution in [-0.4, -0.2) is 46.1 Å². The Balaban J connectivity index is 3.56. The van der Waals surface area contributed by atoms with Crippen LogP contribution < -0.4 is 5.32 Å². The van der Waals surface area contributed by atoms with Gasteiger partial charge in [0.25, 0.3) is 0 Å². The summed E-state index contributed by atoms with van der Waals surface area (Å²) < 4.78 is 0. The van der Waals surface area contributed by atoms with Crippen LogP contribution in [0.1, 0.15) is 277 Å². The van der Waals surface area contributed by atoms with E-state index >= 15 is 0 Å². The highest BCUT2D eigenvalue weighted by Crippen LogP contribution is 2.17. The van der Waals surface area contributed by atoms with E-state index in [1.807, 2.05) is 6.08 Å². The fraction of sp³-hybridized carbons (Fsp3) is 0.940. The van der Waals surface area contributed by atoms with E-state index < -0.39 is 18.2 Å². The number of carbonyl (C=O) groups is 1. The van der Waals surface area contributed by atoms with Crippen LogP contribution in [0.4, 0.5) is 0 Å². The molecule has 3 unspecified atom stereocenters. The quantitative estimate of drug-likeness (QED) is 0.0366. The van der Waals surface area contributed by atoms with E-state index in [0.29, 0.717) is 6.42 Å². The summed E-state index contributed by atoms with van der Waals surface area (Å²) in [7, 11) is 0. The van der Waals surface area contributed by atoms with Crippen molar-refractivity contribution in [3.63, 3.8) is 0 Å². The van der Waals surface area contributed by atoms with Gasteiger partial charge in [-0.15, -0.1) is 0 Å². The number of hydrogen-bond donors (Lipinski definition) is 4. The molecule has 0 aromatic heterocycles. The number of unbranched alkanes of at least 4 members (excludes halogenated alkanes) is 37. The van der Waals surface area contributed by atoms with Gasteiger partial charge >= 0.3 is 0 Å². The number of carbonyl (C=O) groups excluding carboxylic acids is 1. The smallest absolute Gasteiger partial charge is 0.222 e. The maximum atomic E-state index is 12.5. The van der Waals surface area contributed by atoms with Gasteiger partial charge in [-0.2, -0.15) is 0 Å². The molecule has 0 aromatic carbocycles. The van der Waals surface area contributed by atoms with Gasteiger partial charge in [-0.1, -0.05) is 264 Å². The number of hydrogen-bond acceptors (Lipinski definition) is 4. The Morgan fingerprint density at radius 2 is 0.745 bits per heavy atom. The molecule has 5 nitrogen and oxygen atoms in total. The lowest BCUT2D eigenvalue weighted by Gasteiger charge is -2.21. The molecule has 0 heterocycles. The fourth-order valence-electron chi connectivity index (χ4n) is 7.99. The monoisotopic (exact) mass is 778 g/mol. The van der Waals surface area contributed by atoms with Crippen molar-refractivity contribution in [3.05, 3.63) is 12.2 Å². The summed E-state index contributed by atoms with van der Waals surface area (Å²) >= 11 is 0. The average molecular weight is 778 g/mol. The molecular weight excluding hydrogens is 679 g/mol. The van der Waals surface area contributed by atoms with Crippen molar-refractivity contribution in [2.45, 2.75) is 295 Å². The number of rotatable bonds is 46. The number of nitrogens with one attached hydrogen (secondary N) is 1. The lowest BCUT2D eigenvalue weighted by atomic mass is 10.0. The van der Waals surface area contributed by atoms with E-state index in [4.69, 9.17) is 0 Å². The second kappa shape index (κ2) is 45.8. The van der Waals surface area contributed by atoms with Crippen LogP contribution in [0.25, 0.3) is 0 Å². The predicted molar refractivity (Wildman–Crippen MR) is 241 cm³/mol. The molecule has 0 aliphatic carbocycles. The Morgan fingerprint density at radius 1 is 0.455 bits per heavy atom. The molecule has 4 N–H and O–H groups in total. The fourth-order valence-corrected chi connectivity index (χ4v) is 7.99. The van der Waals surface area contributed by atoms with E-state index in [2.05, 4.69) is 19.2 Å². The van der Waals surface area contributed by atoms with Gasteiger partial charge in [0.15, 0.2) is 0 Å². The first-order chi connectivity index (χ1) is 27.0. The van der Waals surface area contributed by atoms with Crippen molar-refractivity contribution in [2.75, 3.05) is 6.61 Å². The topological polar surface area (TPSA) is 89.8 Å². The van der Waals surface area contributed by atoms with Crippen LogP contribution in [0.2, 0.25) is 0 Å². The van der Waals surface area contributed by atoms with Crippen molar-refractivity contribution >= 4 is 5.91 Å². The maximum absolute atomic E-state index is 12.5. The molecule has 1 amide bonds. The molecule has 328 valence electrons. The highest BCUT2D eigenvalue weighted by molar-refractivity contribution is 5.76. The third kappa shape index (κ3) is 42.5. The molecule has 0 aliphatic rings. The zero-order chi connectivity index (χ0) is 40.1. The van der Waals surface area contributed by atoms with Gasteiger partial charge in [-0.3, -0.25) is 4.79 Å². The van der Waals surface area contributed by atoms with E-state index in [0.717, 1.165) is 25.7 Å². The molecule has 55 heavy (non-hydrogen) atoms. The molecule has 0 radical (unpaired) electrons. The van der Waals surface area contributed by atoms with Gasteiger partial charge in [-0.25, -0.2) is 0 Å². The number of amides is 1. The van der Waals surface area contributed by atoms with Crippen LogP contribution in [-0.2, 0) is 4.79 Å². The average Bonchev–Trinajstić information content (AvgIpc) is 3.18. The second-order valence-electron chi connectivity index (χ2n) is 17.4. The summed E-state index contributed by atoms with van der Waals surface area (Å²) in [6.45, 7) is 4.24. The van der Waals surface area contributed by atoms with Gasteiger partial charge in [-0.05, 0) is 19.3 Å². The van der Waals surface area contributed by atoms with Gasteiger partial charge in [0.2, 0.25) is 5.91 Å². The van der Waals surface area contributed by atoms with Gasteiger partial charge in [0.05, 0.1) is 31.3 Å². The van der Waals surface area contributed by atoms with Gasteiger partial charge in [0.1, 0.15) is 0 Å². The minimum atomic E-state index is -0.924. The van der Waals surface area contributed by atoms with Gasteiger partial charge < -0.3 is 20.6 Å². The largest absolute Gasteiger partial charge is 0.394 e. The van der Waals surface area contributed by atoms with E-state index in [1.165, 1.54) is 225 Å². The zero-order valence-electron chi connectivity index (χ0n) is 37.3. The highest BCUT2D eigenvalue weighted by atomic mass is 16.3. The molecule has 0 aliphatic heterocycles. The Kier molecular flexibility index (Phi) is 45.0. The van der Waals surface area contributed by atoms with Crippen LogP contribution >= 0.6 is 0 Å². The molecule has 0 spiro atoms. The summed E-state index contributed by atoms with van der Waals surface area (Å²) in [5.41, 5.74) is 0. The minimum absolute atomic E-state index is 0.0192. The SMILES string of the molecule is CCCCCCCCCCCCCCCC/C=C/C(O)C(CO)NC(=O)CC(O)CCCCCCCCCCCCCCCCCCCCCCCCCC. The normalized spacial score (nSPS) is 13.5. The minimum Gasteiger partial charge on any atom is -0.394 e. The van der Waals surface area contributed by atoms with E-state index in [9.17, 15) is 20.1 Å². The van der Waals surface area contributed by atoms with Crippen LogP contribution in [0.5, 0.6) is 0 Å². The Hall–Kier alpha value is -0.910. The number of aliphatic hydroxyl groups is 3. The number of allylic oxidation sites excluding steroid dienone is 1. The molecule has 3 atom stereocenters. The Morgan fingerprint density at radius 3 is 1.05 bits per heavy atom. The van der Waals surface area contributed by atoms with Crippen LogP contribution in [0, 0.1) is 0 Å². The molecule has 0 fully saturated rings. The highest BCUT2D eigenvalue weighted by Gasteiger charge is 2.20. The molecule has 0 saturated heterocycles. The lowest BCUT2D eigenvalue weighted by molar-refractivity contribution is -0.124. The zero-order valence-corrected chi connectivity index (χ0v) is 37.3. The summed E-state index contributed by atoms with van der Waals surface area (Å²) in [5.74, 6) is -0.310. The standard InChI is InChI=1S/C50H99NO4/c1-3-5-7-9-11-13-15-17-19-21-22-23-24-25-26-27-28-29-31-33-35-37-39-41-43-47(53)45-50(55)51-48(46-52)49(54)44-42-40-38-36-34-32-30-20-18-16-14-12-10-8-6-4-2/h42,44,47-49,52-54H,3-41,43,45-46H2,1-2H3,(H,51,55)/b44-42+. The molecule has 5 heteroatoms. The third-order valence-corrected chi connectivity index (χ3v) is 11.8. The summed E-state index contributed by atoms with van der Waals surface area (Å²) in [4.78, 5) is 12.5. The molecular formula is C50H99NO4. The summed E-state index contributed by atoms with van der Waals surface area (Å²) in [5, 5.41) is 33.3. The lowest BCUT2D eigenvalue weighted by Crippen LogP contribution is -2.45. The first-order valence-electron chi connectivity index (χ1n) is 25.0. The van der Waals surface area contributed by atoms with Crippen molar-refractivity contribution in [1.82, 2.24) is 5.32 Å². The molecule has 0 aromatic rings. The van der Waals surface area contributed by atoms with Gasteiger partial charge in [0, 0.05) is 0 Å². The second-order valence-corrected chi connectivity index (χ2v) is 17.4. The summed E-state index contributed by atoms with van der Waals surface area (Å²) in [6, 6.07) is -0.739. The Bertz CT molecular complexity index is 773. The van der Waals surface area contributed by atoms with Crippen molar-refractivity contribution in [2.24, 2.45) is 0 Å². The van der Waals surface area contributed by atoms with Crippen molar-refractivity contribution in [3.8, 4) is 0 Å². The van der Waals surface area contributed by atoms with Crippen molar-refractivity contribution in [1.29, 1.82) is 0 Å². The first kappa shape index (κ1) is 54.1. The molecule has 0 bridgehead atoms. The third-order valence-electron chi connectivity index (χ3n) is 11.8. The van der Waals surface area contributed by atoms with Crippen molar-refractivity contribution < 1.29 is 20.1 Å². The molecule has 0 rings (SSSR count). The Labute approximate surface area is 344 Å². The number of aliphatic hydroxyl groups excluding tert-OH is 3. The summed E-state index contributed by atoms with van der Waals surface area (Å²) in [6.07, 6.45) is 55.2. The molecule has 0 saturated carbocycles. The maximum Gasteiger partial charge on any atom is 0.222 e. The van der Waals surface area contributed by atoms with Crippen LogP contribution in [0.3, 0.4) is 0 Å². The van der Waals surface area contributed by atoms with Crippen LogP contribution in [0.15, 0.2) is 12.2 Å². The van der Waals surface area contributed by atoms with E-state index in [1.54, 1.807) is 6.08 Å². The van der Waals surface area contributed by atoms with E-state index in [-0.39, 0.29) is 18.9 Å². The predicted octanol–water partition coefficient (Wildman–Crippen LogP) is 14.8. The first-order valence-corrected chi connectivity index (χ1v) is 25.0.